The second kappa shape index (κ2) is 8.67. The number of Topliss-reactive ketones (excluding diaryl/α,β-unsaturated/α-hetero) is 1. The summed E-state index contributed by atoms with van der Waals surface area (Å²) in [5.74, 6) is 0.886. The van der Waals surface area contributed by atoms with Crippen LogP contribution in [0.25, 0.3) is 0 Å². The van der Waals surface area contributed by atoms with Crippen LogP contribution < -0.4 is 9.04 Å². The molecule has 3 aromatic rings. The number of hydrogen-bond donors (Lipinski definition) is 0. The zero-order valence-corrected chi connectivity index (χ0v) is 18.7. The molecule has 0 amide bonds. The molecule has 2 aromatic carbocycles. The van der Waals surface area contributed by atoms with E-state index in [1.807, 2.05) is 24.3 Å². The lowest BCUT2D eigenvalue weighted by Gasteiger charge is -2.16. The van der Waals surface area contributed by atoms with Crippen molar-refractivity contribution in [3.8, 4) is 5.75 Å². The van der Waals surface area contributed by atoms with Gasteiger partial charge in [0.15, 0.2) is 5.78 Å². The van der Waals surface area contributed by atoms with E-state index in [0.29, 0.717) is 35.9 Å². The summed E-state index contributed by atoms with van der Waals surface area (Å²) in [4.78, 5) is 12.7. The molecular formula is C20H21N5O4S2. The van der Waals surface area contributed by atoms with Gasteiger partial charge in [-0.25, -0.2) is 13.1 Å². The lowest BCUT2D eigenvalue weighted by atomic mass is 10.1. The van der Waals surface area contributed by atoms with Crippen LogP contribution in [0.15, 0.2) is 47.6 Å². The SMILES string of the molecule is COc1ccc(Cn2nnnc2SCC(=O)c2ccc3c(c2)CCN3S(C)(=O)=O)cc1. The first-order valence-electron chi connectivity index (χ1n) is 9.51. The predicted molar refractivity (Wildman–Crippen MR) is 117 cm³/mol. The molecule has 31 heavy (non-hydrogen) atoms. The molecule has 162 valence electrons. The standard InChI is InChI=1S/C20H21N5O4S2/c1-29-17-6-3-14(4-7-17)12-24-20(21-22-23-24)30-13-19(26)16-5-8-18-15(11-16)9-10-25(18)31(2,27)28/h3-8,11H,9-10,12-13H2,1-2H3. The number of ketones is 1. The molecule has 0 saturated carbocycles. The van der Waals surface area contributed by atoms with Gasteiger partial charge in [-0.05, 0) is 58.3 Å². The van der Waals surface area contributed by atoms with E-state index in [-0.39, 0.29) is 11.5 Å². The number of methoxy groups -OCH3 is 1. The van der Waals surface area contributed by atoms with Crippen molar-refractivity contribution < 1.29 is 17.9 Å². The Kier molecular flexibility index (Phi) is 5.96. The van der Waals surface area contributed by atoms with Gasteiger partial charge in [-0.1, -0.05) is 23.9 Å². The van der Waals surface area contributed by atoms with Crippen molar-refractivity contribution in [1.29, 1.82) is 0 Å². The van der Waals surface area contributed by atoms with Gasteiger partial charge in [-0.3, -0.25) is 9.10 Å². The molecule has 4 rings (SSSR count). The van der Waals surface area contributed by atoms with Crippen LogP contribution in [0.2, 0.25) is 0 Å². The summed E-state index contributed by atoms with van der Waals surface area (Å²) in [7, 11) is -1.70. The molecule has 0 saturated heterocycles. The molecule has 0 atom stereocenters. The Balaban J connectivity index is 1.41. The Hall–Kier alpha value is -2.92. The van der Waals surface area contributed by atoms with Crippen molar-refractivity contribution in [2.45, 2.75) is 18.1 Å². The highest BCUT2D eigenvalue weighted by atomic mass is 32.2. The molecule has 11 heteroatoms. The van der Waals surface area contributed by atoms with Crippen molar-refractivity contribution in [2.24, 2.45) is 0 Å². The van der Waals surface area contributed by atoms with Crippen LogP contribution in [-0.2, 0) is 23.0 Å². The summed E-state index contributed by atoms with van der Waals surface area (Å²) in [6.07, 6.45) is 1.78. The van der Waals surface area contributed by atoms with Crippen molar-refractivity contribution >= 4 is 33.3 Å². The van der Waals surface area contributed by atoms with Crippen LogP contribution in [0.5, 0.6) is 5.75 Å². The van der Waals surface area contributed by atoms with E-state index in [0.717, 1.165) is 16.9 Å². The van der Waals surface area contributed by atoms with Crippen LogP contribution >= 0.6 is 11.8 Å². The summed E-state index contributed by atoms with van der Waals surface area (Å²) >= 11 is 1.27. The number of hydrogen-bond acceptors (Lipinski definition) is 8. The van der Waals surface area contributed by atoms with E-state index >= 15 is 0 Å². The minimum Gasteiger partial charge on any atom is -0.497 e. The van der Waals surface area contributed by atoms with Crippen LogP contribution in [0, 0.1) is 0 Å². The molecule has 1 aliphatic heterocycles. The summed E-state index contributed by atoms with van der Waals surface area (Å²) in [5.41, 5.74) is 3.08. The number of anilines is 1. The van der Waals surface area contributed by atoms with Crippen LogP contribution in [-0.4, -0.2) is 60.1 Å². The number of ether oxygens (including phenoxy) is 1. The van der Waals surface area contributed by atoms with Crippen LogP contribution in [0.3, 0.4) is 0 Å². The highest BCUT2D eigenvalue weighted by Gasteiger charge is 2.26. The minimum absolute atomic E-state index is 0.0652. The third-order valence-electron chi connectivity index (χ3n) is 4.98. The average Bonchev–Trinajstić information content (AvgIpc) is 3.38. The fourth-order valence-electron chi connectivity index (χ4n) is 3.41. The highest BCUT2D eigenvalue weighted by molar-refractivity contribution is 7.99. The lowest BCUT2D eigenvalue weighted by molar-refractivity contribution is 0.102. The topological polar surface area (TPSA) is 107 Å². The smallest absolute Gasteiger partial charge is 0.232 e. The third-order valence-corrected chi connectivity index (χ3v) is 7.11. The Labute approximate surface area is 184 Å². The number of carbonyl (C=O) groups excluding carboxylic acids is 1. The van der Waals surface area contributed by atoms with Gasteiger partial charge in [-0.15, -0.1) is 5.10 Å². The molecule has 0 spiro atoms. The van der Waals surface area contributed by atoms with Gasteiger partial charge >= 0.3 is 0 Å². The van der Waals surface area contributed by atoms with Gasteiger partial charge < -0.3 is 4.74 Å². The summed E-state index contributed by atoms with van der Waals surface area (Å²) in [5, 5.41) is 12.3. The fraction of sp³-hybridized carbons (Fsp3) is 0.300. The number of carbonyl (C=O) groups is 1. The number of fused-ring (bicyclic) bond motifs is 1. The molecule has 0 fully saturated rings. The molecule has 0 radical (unpaired) electrons. The molecule has 1 aromatic heterocycles. The predicted octanol–water partition coefficient (Wildman–Crippen LogP) is 2.03. The van der Waals surface area contributed by atoms with Gasteiger partial charge in [0.2, 0.25) is 15.2 Å². The van der Waals surface area contributed by atoms with Gasteiger partial charge in [0, 0.05) is 12.1 Å². The Bertz CT molecular complexity index is 1210. The largest absolute Gasteiger partial charge is 0.497 e. The van der Waals surface area contributed by atoms with E-state index in [9.17, 15) is 13.2 Å². The molecule has 0 unspecified atom stereocenters. The van der Waals surface area contributed by atoms with Crippen molar-refractivity contribution in [3.05, 3.63) is 59.2 Å². The van der Waals surface area contributed by atoms with E-state index in [4.69, 9.17) is 4.74 Å². The second-order valence-corrected chi connectivity index (χ2v) is 9.96. The third kappa shape index (κ3) is 4.72. The van der Waals surface area contributed by atoms with Crippen LogP contribution in [0.1, 0.15) is 21.5 Å². The number of rotatable bonds is 8. The molecule has 0 N–H and O–H groups in total. The van der Waals surface area contributed by atoms with E-state index in [1.54, 1.807) is 30.0 Å². The fourth-order valence-corrected chi connectivity index (χ4v) is 5.14. The maximum atomic E-state index is 12.7. The van der Waals surface area contributed by atoms with E-state index < -0.39 is 10.0 Å². The maximum Gasteiger partial charge on any atom is 0.232 e. The van der Waals surface area contributed by atoms with Crippen molar-refractivity contribution in [3.63, 3.8) is 0 Å². The maximum absolute atomic E-state index is 12.7. The molecule has 0 aliphatic carbocycles. The first kappa shape index (κ1) is 21.3. The molecule has 2 heterocycles. The molecule has 0 bridgehead atoms. The summed E-state index contributed by atoms with van der Waals surface area (Å²) in [6, 6.07) is 12.8. The van der Waals surface area contributed by atoms with Crippen LogP contribution in [0.4, 0.5) is 5.69 Å². The van der Waals surface area contributed by atoms with E-state index in [1.165, 1.54) is 22.3 Å². The van der Waals surface area contributed by atoms with Gasteiger partial charge in [0.25, 0.3) is 0 Å². The number of tetrazole rings is 1. The van der Waals surface area contributed by atoms with E-state index in [2.05, 4.69) is 15.5 Å². The first-order valence-corrected chi connectivity index (χ1v) is 12.3. The average molecular weight is 460 g/mol. The monoisotopic (exact) mass is 459 g/mol. The van der Waals surface area contributed by atoms with Crippen molar-refractivity contribution in [1.82, 2.24) is 20.2 Å². The zero-order valence-electron chi connectivity index (χ0n) is 17.1. The normalized spacial score (nSPS) is 13.3. The Morgan fingerprint density at radius 2 is 1.97 bits per heavy atom. The molecule has 1 aliphatic rings. The number of nitrogens with zero attached hydrogens (tertiary/aromatic N) is 5. The van der Waals surface area contributed by atoms with Gasteiger partial charge in [-0.2, -0.15) is 0 Å². The van der Waals surface area contributed by atoms with Gasteiger partial charge in [0.1, 0.15) is 5.75 Å². The quantitative estimate of drug-likeness (QED) is 0.372. The minimum atomic E-state index is -3.31. The number of sulfonamides is 1. The summed E-state index contributed by atoms with van der Waals surface area (Å²) < 4.78 is 31.9. The zero-order chi connectivity index (χ0) is 22.0. The highest BCUT2D eigenvalue weighted by Crippen LogP contribution is 2.31. The number of aromatic nitrogens is 4. The number of thioether (sulfide) groups is 1. The summed E-state index contributed by atoms with van der Waals surface area (Å²) in [6.45, 7) is 0.883. The Morgan fingerprint density at radius 3 is 2.68 bits per heavy atom. The lowest BCUT2D eigenvalue weighted by Crippen LogP contribution is -2.27. The number of benzene rings is 2. The Morgan fingerprint density at radius 1 is 1.19 bits per heavy atom. The van der Waals surface area contributed by atoms with Crippen molar-refractivity contribution in [2.75, 3.05) is 30.0 Å². The molecule has 9 nitrogen and oxygen atoms in total. The first-order chi connectivity index (χ1) is 14.8. The second-order valence-electron chi connectivity index (χ2n) is 7.11. The van der Waals surface area contributed by atoms with Gasteiger partial charge in [0.05, 0.1) is 31.4 Å². The molecular weight excluding hydrogens is 438 g/mol.